The Hall–Kier alpha value is -1.73. The second kappa shape index (κ2) is 5.72. The Morgan fingerprint density at radius 1 is 1.30 bits per heavy atom. The van der Waals surface area contributed by atoms with Crippen molar-refractivity contribution in [3.8, 4) is 11.5 Å². The van der Waals surface area contributed by atoms with E-state index in [-0.39, 0.29) is 15.9 Å². The van der Waals surface area contributed by atoms with E-state index in [1.54, 1.807) is 32.2 Å². The van der Waals surface area contributed by atoms with Crippen molar-refractivity contribution in [3.63, 3.8) is 0 Å². The van der Waals surface area contributed by atoms with Crippen LogP contribution in [0.2, 0.25) is 5.15 Å². The molecule has 0 fully saturated rings. The molecule has 2 aromatic rings. The monoisotopic (exact) mass is 316 g/mol. The first kappa shape index (κ1) is 14.7. The van der Waals surface area contributed by atoms with Gasteiger partial charge in [0.2, 0.25) is 5.03 Å². The summed E-state index contributed by atoms with van der Waals surface area (Å²) in [4.78, 5) is 3.74. The van der Waals surface area contributed by atoms with Crippen LogP contribution in [0.5, 0.6) is 11.5 Å². The van der Waals surface area contributed by atoms with Gasteiger partial charge in [0.1, 0.15) is 0 Å². The van der Waals surface area contributed by atoms with Crippen molar-refractivity contribution >= 4 is 21.7 Å². The van der Waals surface area contributed by atoms with Gasteiger partial charge in [-0.1, -0.05) is 23.7 Å². The number of ether oxygens (including phenoxy) is 1. The fourth-order valence-corrected chi connectivity index (χ4v) is 2.87. The Morgan fingerprint density at radius 3 is 2.50 bits per heavy atom. The van der Waals surface area contributed by atoms with Gasteiger partial charge in [0.15, 0.2) is 16.7 Å². The second-order valence-corrected chi connectivity index (χ2v) is 5.69. The van der Waals surface area contributed by atoms with Crippen LogP contribution < -0.4 is 8.92 Å². The maximum absolute atomic E-state index is 12.2. The van der Waals surface area contributed by atoms with Crippen molar-refractivity contribution < 1.29 is 17.3 Å². The Bertz CT molecular complexity index is 712. The molecule has 0 N–H and O–H groups in total. The molecule has 0 unspecified atom stereocenters. The van der Waals surface area contributed by atoms with Gasteiger partial charge in [0.25, 0.3) is 0 Å². The molecule has 0 aliphatic carbocycles. The molecule has 0 bridgehead atoms. The third-order valence-corrected chi connectivity index (χ3v) is 4.15. The summed E-state index contributed by atoms with van der Waals surface area (Å²) in [5, 5.41) is -0.341. The van der Waals surface area contributed by atoms with Gasteiger partial charge in [-0.25, -0.2) is 4.98 Å². The molecule has 0 saturated heterocycles. The third kappa shape index (κ3) is 2.88. The van der Waals surface area contributed by atoms with Crippen LogP contribution in [0.4, 0.5) is 0 Å². The molecule has 0 amide bonds. The van der Waals surface area contributed by atoms with Crippen LogP contribution in [0.15, 0.2) is 35.6 Å². The van der Waals surface area contributed by atoms with Gasteiger partial charge in [-0.3, -0.25) is 0 Å². The summed E-state index contributed by atoms with van der Waals surface area (Å²) in [6.07, 6.45) is 1.30. The lowest BCUT2D eigenvalue weighted by atomic mass is 10.3. The van der Waals surface area contributed by atoms with E-state index in [1.807, 2.05) is 0 Å². The minimum Gasteiger partial charge on any atom is -0.490 e. The predicted octanol–water partition coefficient (Wildman–Crippen LogP) is 2.24. The van der Waals surface area contributed by atoms with Crippen LogP contribution in [0.1, 0.15) is 6.92 Å². The van der Waals surface area contributed by atoms with Gasteiger partial charge in [-0.15, -0.1) is 0 Å². The first-order chi connectivity index (χ1) is 9.45. The molecular formula is C12H13ClN2O4S. The molecule has 0 radical (unpaired) electrons. The third-order valence-electron chi connectivity index (χ3n) is 2.42. The van der Waals surface area contributed by atoms with Gasteiger partial charge in [-0.2, -0.15) is 8.42 Å². The Balaban J connectivity index is 2.36. The fourth-order valence-electron chi connectivity index (χ4n) is 1.51. The second-order valence-electron chi connectivity index (χ2n) is 3.87. The van der Waals surface area contributed by atoms with Crippen molar-refractivity contribution in [1.82, 2.24) is 9.55 Å². The highest BCUT2D eigenvalue weighted by Crippen LogP contribution is 2.30. The smallest absolute Gasteiger partial charge is 0.360 e. The molecule has 6 nitrogen and oxygen atoms in total. The van der Waals surface area contributed by atoms with Crippen LogP contribution >= 0.6 is 11.6 Å². The predicted molar refractivity (Wildman–Crippen MR) is 73.6 cm³/mol. The van der Waals surface area contributed by atoms with Crippen LogP contribution in [-0.2, 0) is 17.2 Å². The highest BCUT2D eigenvalue weighted by atomic mass is 35.5. The average molecular weight is 317 g/mol. The van der Waals surface area contributed by atoms with E-state index in [9.17, 15) is 8.42 Å². The highest BCUT2D eigenvalue weighted by molar-refractivity contribution is 7.87. The molecule has 1 aromatic heterocycles. The molecule has 0 spiro atoms. The number of aryl methyl sites for hydroxylation is 1. The summed E-state index contributed by atoms with van der Waals surface area (Å²) in [7, 11) is -2.52. The lowest BCUT2D eigenvalue weighted by Gasteiger charge is -2.10. The van der Waals surface area contributed by atoms with Gasteiger partial charge in [0.05, 0.1) is 12.9 Å². The number of nitrogens with zero attached hydrogens (tertiary/aromatic N) is 2. The number of rotatable bonds is 5. The highest BCUT2D eigenvalue weighted by Gasteiger charge is 2.25. The van der Waals surface area contributed by atoms with Crippen LogP contribution in [-0.4, -0.2) is 24.6 Å². The Kier molecular flexibility index (Phi) is 4.20. The van der Waals surface area contributed by atoms with E-state index >= 15 is 0 Å². The van der Waals surface area contributed by atoms with Crippen LogP contribution in [0.3, 0.4) is 0 Å². The summed E-state index contributed by atoms with van der Waals surface area (Å²) >= 11 is 5.87. The van der Waals surface area contributed by atoms with Crippen molar-refractivity contribution in [2.75, 3.05) is 6.61 Å². The number of para-hydroxylation sites is 2. The molecule has 1 heterocycles. The van der Waals surface area contributed by atoms with Crippen LogP contribution in [0.25, 0.3) is 0 Å². The summed E-state index contributed by atoms with van der Waals surface area (Å²) in [6, 6.07) is 6.49. The quantitative estimate of drug-likeness (QED) is 0.791. The summed E-state index contributed by atoms with van der Waals surface area (Å²) in [5.41, 5.74) is 0. The van der Waals surface area contributed by atoms with Crippen LogP contribution in [0, 0.1) is 0 Å². The number of halogens is 1. The number of hydrogen-bond acceptors (Lipinski definition) is 5. The number of aromatic nitrogens is 2. The zero-order chi connectivity index (χ0) is 14.8. The van der Waals surface area contributed by atoms with E-state index in [0.717, 1.165) is 0 Å². The molecule has 0 atom stereocenters. The molecule has 0 saturated carbocycles. The molecule has 1 aromatic carbocycles. The SMILES string of the molecule is CCOc1ccccc1OS(=O)(=O)c1ncn(C)c1Cl. The largest absolute Gasteiger partial charge is 0.490 e. The summed E-state index contributed by atoms with van der Waals surface area (Å²) < 4.78 is 36.0. The lowest BCUT2D eigenvalue weighted by Crippen LogP contribution is -2.12. The molecule has 0 aliphatic heterocycles. The summed E-state index contributed by atoms with van der Waals surface area (Å²) in [6.45, 7) is 2.19. The van der Waals surface area contributed by atoms with Gasteiger partial charge < -0.3 is 13.5 Å². The Labute approximate surface area is 122 Å². The lowest BCUT2D eigenvalue weighted by molar-refractivity contribution is 0.327. The molecule has 0 aliphatic rings. The average Bonchev–Trinajstić information content (AvgIpc) is 2.73. The van der Waals surface area contributed by atoms with Crippen molar-refractivity contribution in [3.05, 3.63) is 35.7 Å². The van der Waals surface area contributed by atoms with Crippen molar-refractivity contribution in [2.45, 2.75) is 11.9 Å². The normalized spacial score (nSPS) is 11.3. The fraction of sp³-hybridized carbons (Fsp3) is 0.250. The minimum absolute atomic E-state index is 0.0149. The van der Waals surface area contributed by atoms with E-state index in [2.05, 4.69) is 4.98 Å². The molecule has 20 heavy (non-hydrogen) atoms. The van der Waals surface area contributed by atoms with E-state index in [4.69, 9.17) is 20.5 Å². The Morgan fingerprint density at radius 2 is 1.95 bits per heavy atom. The maximum atomic E-state index is 12.2. The molecule has 108 valence electrons. The van der Waals surface area contributed by atoms with Gasteiger partial charge in [0, 0.05) is 7.05 Å². The number of benzene rings is 1. The first-order valence-electron chi connectivity index (χ1n) is 5.79. The van der Waals surface area contributed by atoms with Crippen molar-refractivity contribution in [1.29, 1.82) is 0 Å². The van der Waals surface area contributed by atoms with E-state index in [1.165, 1.54) is 17.0 Å². The standard InChI is InChI=1S/C12H13ClN2O4S/c1-3-18-9-6-4-5-7-10(9)19-20(16,17)12-11(13)15(2)8-14-12/h4-8H,3H2,1-2H3. The number of hydrogen-bond donors (Lipinski definition) is 0. The van der Waals surface area contributed by atoms with Crippen molar-refractivity contribution in [2.24, 2.45) is 7.05 Å². The number of imidazole rings is 1. The minimum atomic E-state index is -4.11. The zero-order valence-corrected chi connectivity index (χ0v) is 12.5. The topological polar surface area (TPSA) is 70.4 Å². The molecular weight excluding hydrogens is 304 g/mol. The van der Waals surface area contributed by atoms with E-state index < -0.39 is 10.1 Å². The van der Waals surface area contributed by atoms with Gasteiger partial charge in [-0.05, 0) is 19.1 Å². The van der Waals surface area contributed by atoms with Gasteiger partial charge >= 0.3 is 10.1 Å². The zero-order valence-electron chi connectivity index (χ0n) is 10.9. The maximum Gasteiger partial charge on any atom is 0.360 e. The first-order valence-corrected chi connectivity index (χ1v) is 7.57. The summed E-state index contributed by atoms with van der Waals surface area (Å²) in [5.74, 6) is 0.432. The molecule has 8 heteroatoms. The van der Waals surface area contributed by atoms with E-state index in [0.29, 0.717) is 12.4 Å². The molecule has 2 rings (SSSR count).